The van der Waals surface area contributed by atoms with Crippen molar-refractivity contribution in [1.82, 2.24) is 19.9 Å². The molecule has 4 heterocycles. The van der Waals surface area contributed by atoms with Crippen LogP contribution in [0.5, 0.6) is 0 Å². The highest BCUT2D eigenvalue weighted by Crippen LogP contribution is 2.36. The first-order valence-electron chi connectivity index (χ1n) is 10.1. The van der Waals surface area contributed by atoms with Gasteiger partial charge in [0.25, 0.3) is 5.91 Å². The summed E-state index contributed by atoms with van der Waals surface area (Å²) < 4.78 is 10.8. The molecule has 1 saturated heterocycles. The van der Waals surface area contributed by atoms with Crippen LogP contribution >= 0.6 is 23.2 Å². The average Bonchev–Trinajstić information content (AvgIpc) is 3.06. The molecule has 2 aliphatic heterocycles. The molecule has 4 rings (SSSR count). The monoisotopic (exact) mass is 495 g/mol. The summed E-state index contributed by atoms with van der Waals surface area (Å²) in [6.45, 7) is 2.69. The molecule has 2 atom stereocenters. The van der Waals surface area contributed by atoms with Crippen LogP contribution in [0, 0.1) is 0 Å². The number of fused-ring (bicyclic) bond motifs is 1. The van der Waals surface area contributed by atoms with Gasteiger partial charge < -0.3 is 9.47 Å². The number of carbonyl (C=O) groups excluding carboxylic acids is 3. The fourth-order valence-corrected chi connectivity index (χ4v) is 3.78. The van der Waals surface area contributed by atoms with E-state index in [2.05, 4.69) is 15.0 Å². The summed E-state index contributed by atoms with van der Waals surface area (Å²) >= 11 is 11.7. The SMILES string of the molecule is CC(Cl)OC(=O)[N+]1(C)CCN(C(=O)OC2c3nccnc3C(=O)N2c2ccc(Cl)cn2)CC1. The van der Waals surface area contributed by atoms with Crippen molar-refractivity contribution in [3.8, 4) is 0 Å². The summed E-state index contributed by atoms with van der Waals surface area (Å²) in [5.74, 6) is -0.255. The van der Waals surface area contributed by atoms with Gasteiger partial charge in [-0.25, -0.2) is 24.1 Å². The lowest BCUT2D eigenvalue weighted by Crippen LogP contribution is -2.61. The summed E-state index contributed by atoms with van der Waals surface area (Å²) in [5.41, 5.74) is -0.457. The molecule has 0 radical (unpaired) electrons. The molecule has 1 fully saturated rings. The van der Waals surface area contributed by atoms with Gasteiger partial charge in [-0.2, -0.15) is 4.79 Å². The number of likely N-dealkylation sites (N-methyl/N-ethyl adjacent to an activating group) is 1. The van der Waals surface area contributed by atoms with Gasteiger partial charge in [-0.15, -0.1) is 0 Å². The van der Waals surface area contributed by atoms with E-state index in [1.54, 1.807) is 26.1 Å². The topological polar surface area (TPSA) is 115 Å². The van der Waals surface area contributed by atoms with Gasteiger partial charge in [-0.05, 0) is 19.1 Å². The van der Waals surface area contributed by atoms with E-state index in [-0.39, 0.29) is 34.8 Å². The van der Waals surface area contributed by atoms with Crippen molar-refractivity contribution in [3.05, 3.63) is 47.1 Å². The van der Waals surface area contributed by atoms with Crippen molar-refractivity contribution in [2.75, 3.05) is 38.1 Å². The standard InChI is InChI=1S/C20H21Cl2N6O5/c1-12(21)32-20(31)28(2)9-7-26(8-10-28)19(30)33-18-16-15(23-5-6-24-16)17(29)27(18)14-4-3-13(22)11-25-14/h3-6,11-12,18H,7-10H2,1-2H3/q+1. The Balaban J connectivity index is 1.51. The third-order valence-electron chi connectivity index (χ3n) is 5.48. The second-order valence-electron chi connectivity index (χ2n) is 7.79. The maximum Gasteiger partial charge on any atom is 0.517 e. The minimum Gasteiger partial charge on any atom is -0.419 e. The van der Waals surface area contributed by atoms with E-state index in [4.69, 9.17) is 32.7 Å². The molecule has 0 aromatic carbocycles. The Labute approximate surface area is 199 Å². The van der Waals surface area contributed by atoms with Gasteiger partial charge >= 0.3 is 12.2 Å². The van der Waals surface area contributed by atoms with Crippen LogP contribution in [0.3, 0.4) is 0 Å². The second-order valence-corrected chi connectivity index (χ2v) is 8.84. The number of quaternary nitrogens is 1. The smallest absolute Gasteiger partial charge is 0.419 e. The highest BCUT2D eigenvalue weighted by Gasteiger charge is 2.45. The molecule has 2 aromatic heterocycles. The van der Waals surface area contributed by atoms with Gasteiger partial charge in [0.1, 0.15) is 24.6 Å². The molecule has 0 saturated carbocycles. The Morgan fingerprint density at radius 2 is 1.88 bits per heavy atom. The van der Waals surface area contributed by atoms with Gasteiger partial charge in [-0.1, -0.05) is 23.2 Å². The minimum atomic E-state index is -1.15. The number of carbonyl (C=O) groups is 3. The van der Waals surface area contributed by atoms with Gasteiger partial charge in [-0.3, -0.25) is 14.7 Å². The fourth-order valence-electron chi connectivity index (χ4n) is 3.59. The van der Waals surface area contributed by atoms with Crippen molar-refractivity contribution in [3.63, 3.8) is 0 Å². The molecule has 0 bridgehead atoms. The second kappa shape index (κ2) is 9.08. The Morgan fingerprint density at radius 3 is 2.52 bits per heavy atom. The van der Waals surface area contributed by atoms with E-state index in [1.165, 1.54) is 28.4 Å². The third kappa shape index (κ3) is 4.56. The van der Waals surface area contributed by atoms with Crippen molar-refractivity contribution in [1.29, 1.82) is 0 Å². The van der Waals surface area contributed by atoms with E-state index in [9.17, 15) is 14.4 Å². The molecule has 2 aliphatic rings. The third-order valence-corrected chi connectivity index (χ3v) is 5.79. The van der Waals surface area contributed by atoms with E-state index < -0.39 is 29.9 Å². The maximum atomic E-state index is 13.0. The van der Waals surface area contributed by atoms with E-state index >= 15 is 0 Å². The van der Waals surface area contributed by atoms with Crippen molar-refractivity contribution in [2.45, 2.75) is 18.7 Å². The summed E-state index contributed by atoms with van der Waals surface area (Å²) in [4.78, 5) is 53.4. The molecule has 3 amide bonds. The number of aromatic nitrogens is 3. The lowest BCUT2D eigenvalue weighted by molar-refractivity contribution is -0.842. The number of amides is 3. The number of pyridine rings is 1. The lowest BCUT2D eigenvalue weighted by Gasteiger charge is -2.38. The van der Waals surface area contributed by atoms with Gasteiger partial charge in [0, 0.05) is 18.6 Å². The number of piperazine rings is 1. The Bertz CT molecular complexity index is 1070. The van der Waals surface area contributed by atoms with Gasteiger partial charge in [0.05, 0.1) is 25.2 Å². The predicted octanol–water partition coefficient (Wildman–Crippen LogP) is 2.80. The molecule has 2 aromatic rings. The quantitative estimate of drug-likeness (QED) is 0.471. The Morgan fingerprint density at radius 1 is 1.18 bits per heavy atom. The molecule has 0 aliphatic carbocycles. The normalized spacial score (nSPS) is 20.2. The number of hydrogen-bond donors (Lipinski definition) is 0. The average molecular weight is 496 g/mol. The van der Waals surface area contributed by atoms with Crippen molar-refractivity contribution < 1.29 is 28.3 Å². The molecule has 174 valence electrons. The van der Waals surface area contributed by atoms with E-state index in [0.29, 0.717) is 18.1 Å². The molecule has 13 heteroatoms. The largest absolute Gasteiger partial charge is 0.517 e. The number of alkyl halides is 1. The molecular weight excluding hydrogens is 475 g/mol. The van der Waals surface area contributed by atoms with E-state index in [0.717, 1.165) is 0 Å². The minimum absolute atomic E-state index is 0.0160. The first kappa shape index (κ1) is 23.1. The zero-order valence-electron chi connectivity index (χ0n) is 17.9. The van der Waals surface area contributed by atoms with Crippen LogP contribution in [0.4, 0.5) is 15.4 Å². The molecule has 11 nitrogen and oxygen atoms in total. The molecule has 0 N–H and O–H groups in total. The highest BCUT2D eigenvalue weighted by atomic mass is 35.5. The van der Waals surface area contributed by atoms with Gasteiger partial charge in [0.2, 0.25) is 6.23 Å². The number of ether oxygens (including phenoxy) is 2. The maximum absolute atomic E-state index is 13.0. The zero-order valence-corrected chi connectivity index (χ0v) is 19.4. The van der Waals surface area contributed by atoms with Crippen LogP contribution < -0.4 is 4.90 Å². The summed E-state index contributed by atoms with van der Waals surface area (Å²) in [6.07, 6.45) is 1.92. The van der Waals surface area contributed by atoms with Crippen LogP contribution in [0.1, 0.15) is 29.3 Å². The Kier molecular flexibility index (Phi) is 6.37. The number of anilines is 1. The molecule has 0 spiro atoms. The first-order valence-corrected chi connectivity index (χ1v) is 10.9. The number of hydrogen-bond acceptors (Lipinski definition) is 8. The predicted molar refractivity (Wildman–Crippen MR) is 117 cm³/mol. The molecule has 33 heavy (non-hydrogen) atoms. The van der Waals surface area contributed by atoms with Crippen LogP contribution in [0.25, 0.3) is 0 Å². The molecule has 2 unspecified atom stereocenters. The summed E-state index contributed by atoms with van der Waals surface area (Å²) in [6, 6.07) is 3.12. The van der Waals surface area contributed by atoms with Crippen molar-refractivity contribution >= 4 is 47.1 Å². The summed E-state index contributed by atoms with van der Waals surface area (Å²) in [5, 5.41) is 0.393. The number of halogens is 2. The van der Waals surface area contributed by atoms with Crippen LogP contribution in [-0.2, 0) is 9.47 Å². The highest BCUT2D eigenvalue weighted by molar-refractivity contribution is 6.30. The fraction of sp³-hybridized carbons (Fsp3) is 0.400. The van der Waals surface area contributed by atoms with Crippen molar-refractivity contribution in [2.24, 2.45) is 0 Å². The van der Waals surface area contributed by atoms with Crippen LogP contribution in [0.2, 0.25) is 5.02 Å². The lowest BCUT2D eigenvalue weighted by atomic mass is 10.3. The van der Waals surface area contributed by atoms with Crippen LogP contribution in [0.15, 0.2) is 30.7 Å². The number of rotatable bonds is 3. The first-order chi connectivity index (χ1) is 15.7. The Hall–Kier alpha value is -3.02. The van der Waals surface area contributed by atoms with Crippen LogP contribution in [-0.4, -0.2) is 81.2 Å². The van der Waals surface area contributed by atoms with E-state index in [1.807, 2.05) is 0 Å². The molecular formula is C20H21Cl2N6O5+. The zero-order chi connectivity index (χ0) is 23.8. The number of nitrogens with zero attached hydrogens (tertiary/aromatic N) is 6. The van der Waals surface area contributed by atoms with Gasteiger partial charge in [0.15, 0.2) is 11.3 Å². The summed E-state index contributed by atoms with van der Waals surface area (Å²) in [7, 11) is 1.72.